The van der Waals surface area contributed by atoms with Crippen molar-refractivity contribution in [3.05, 3.63) is 64.7 Å². The van der Waals surface area contributed by atoms with Gasteiger partial charge in [0.25, 0.3) is 0 Å². The maximum Gasteiger partial charge on any atom is 0.224 e. The van der Waals surface area contributed by atoms with Crippen LogP contribution in [0.5, 0.6) is 5.75 Å². The Hall–Kier alpha value is -2.04. The van der Waals surface area contributed by atoms with Gasteiger partial charge in [0, 0.05) is 19.1 Å². The first-order valence-electron chi connectivity index (χ1n) is 9.64. The number of hydrogen-bond donors (Lipinski definition) is 2. The van der Waals surface area contributed by atoms with Crippen LogP contribution in [-0.2, 0) is 17.8 Å². The Morgan fingerprint density at radius 2 is 1.96 bits per heavy atom. The molecule has 1 heterocycles. The molecule has 1 amide bonds. The van der Waals surface area contributed by atoms with Gasteiger partial charge in [-0.05, 0) is 49.1 Å². The van der Waals surface area contributed by atoms with Crippen LogP contribution in [0.25, 0.3) is 0 Å². The molecule has 0 saturated carbocycles. The molecule has 2 N–H and O–H groups in total. The molecular formula is C22H27ClN2O2. The van der Waals surface area contributed by atoms with Crippen LogP contribution in [0, 0.1) is 0 Å². The molecule has 2 aromatic rings. The molecular weight excluding hydrogens is 360 g/mol. The Morgan fingerprint density at radius 1 is 1.15 bits per heavy atom. The van der Waals surface area contributed by atoms with Gasteiger partial charge < -0.3 is 10.4 Å². The number of phenols is 1. The summed E-state index contributed by atoms with van der Waals surface area (Å²) in [6.07, 6.45) is 4.94. The Balaban J connectivity index is 1.46. The molecule has 1 saturated heterocycles. The van der Waals surface area contributed by atoms with E-state index in [1.807, 2.05) is 6.07 Å². The fraction of sp³-hybridized carbons (Fsp3) is 0.409. The molecule has 5 heteroatoms. The second-order valence-corrected chi connectivity index (χ2v) is 7.61. The lowest BCUT2D eigenvalue weighted by Crippen LogP contribution is -2.41. The van der Waals surface area contributed by atoms with Crippen molar-refractivity contribution in [3.63, 3.8) is 0 Å². The maximum absolute atomic E-state index is 12.2. The summed E-state index contributed by atoms with van der Waals surface area (Å²) in [4.78, 5) is 14.7. The predicted octanol–water partition coefficient (Wildman–Crippen LogP) is 4.15. The SMILES string of the molecule is O=C(Cc1ccc(O)c(Cl)c1)NCCC1CCCCN1Cc1ccccc1. The van der Waals surface area contributed by atoms with Gasteiger partial charge in [0.15, 0.2) is 0 Å². The zero-order valence-corrected chi connectivity index (χ0v) is 16.3. The van der Waals surface area contributed by atoms with Gasteiger partial charge >= 0.3 is 0 Å². The van der Waals surface area contributed by atoms with Gasteiger partial charge in [-0.3, -0.25) is 9.69 Å². The molecule has 1 aliphatic heterocycles. The van der Waals surface area contributed by atoms with E-state index in [0.29, 0.717) is 12.6 Å². The molecule has 1 fully saturated rings. The third-order valence-electron chi connectivity index (χ3n) is 5.15. The molecule has 0 radical (unpaired) electrons. The minimum absolute atomic E-state index is 0.0119. The number of carbonyl (C=O) groups is 1. The Bertz CT molecular complexity index is 751. The minimum Gasteiger partial charge on any atom is -0.506 e. The van der Waals surface area contributed by atoms with Crippen LogP contribution >= 0.6 is 11.6 Å². The van der Waals surface area contributed by atoms with Crippen molar-refractivity contribution in [2.45, 2.75) is 44.7 Å². The van der Waals surface area contributed by atoms with E-state index in [0.717, 1.165) is 25.1 Å². The standard InChI is InChI=1S/C22H27ClN2O2/c23-20-14-18(9-10-21(20)26)15-22(27)24-12-11-19-8-4-5-13-25(19)16-17-6-2-1-3-7-17/h1-3,6-7,9-10,14,19,26H,4-5,8,11-13,15-16H2,(H,24,27). The number of halogens is 1. The molecule has 0 aromatic heterocycles. The lowest BCUT2D eigenvalue weighted by Gasteiger charge is -2.36. The van der Waals surface area contributed by atoms with Crippen LogP contribution in [0.1, 0.15) is 36.8 Å². The van der Waals surface area contributed by atoms with Gasteiger partial charge in [-0.2, -0.15) is 0 Å². The molecule has 0 aliphatic carbocycles. The molecule has 0 spiro atoms. The maximum atomic E-state index is 12.2. The van der Waals surface area contributed by atoms with Crippen molar-refractivity contribution in [2.75, 3.05) is 13.1 Å². The molecule has 144 valence electrons. The summed E-state index contributed by atoms with van der Waals surface area (Å²) < 4.78 is 0. The molecule has 1 aliphatic rings. The number of nitrogens with one attached hydrogen (secondary N) is 1. The van der Waals surface area contributed by atoms with Crippen LogP contribution in [0.4, 0.5) is 0 Å². The molecule has 1 atom stereocenters. The van der Waals surface area contributed by atoms with E-state index in [2.05, 4.69) is 34.5 Å². The van der Waals surface area contributed by atoms with E-state index < -0.39 is 0 Å². The second-order valence-electron chi connectivity index (χ2n) is 7.21. The lowest BCUT2D eigenvalue weighted by molar-refractivity contribution is -0.120. The predicted molar refractivity (Wildman–Crippen MR) is 109 cm³/mol. The highest BCUT2D eigenvalue weighted by molar-refractivity contribution is 6.32. The normalized spacial score (nSPS) is 17.6. The summed E-state index contributed by atoms with van der Waals surface area (Å²) >= 11 is 5.90. The molecule has 3 rings (SSSR count). The van der Waals surface area contributed by atoms with E-state index in [9.17, 15) is 9.90 Å². The van der Waals surface area contributed by atoms with Crippen molar-refractivity contribution in [1.82, 2.24) is 10.2 Å². The highest BCUT2D eigenvalue weighted by Crippen LogP contribution is 2.24. The lowest BCUT2D eigenvalue weighted by atomic mass is 9.98. The summed E-state index contributed by atoms with van der Waals surface area (Å²) in [6.45, 7) is 2.78. The van der Waals surface area contributed by atoms with E-state index >= 15 is 0 Å². The molecule has 2 aromatic carbocycles. The molecule has 27 heavy (non-hydrogen) atoms. The summed E-state index contributed by atoms with van der Waals surface area (Å²) in [5.74, 6) is 0.0267. The van der Waals surface area contributed by atoms with Crippen molar-refractivity contribution in [3.8, 4) is 5.75 Å². The average Bonchev–Trinajstić information content (AvgIpc) is 2.67. The number of hydrogen-bond acceptors (Lipinski definition) is 3. The van der Waals surface area contributed by atoms with Crippen LogP contribution in [0.15, 0.2) is 48.5 Å². The molecule has 4 nitrogen and oxygen atoms in total. The van der Waals surface area contributed by atoms with Crippen LogP contribution in [0.3, 0.4) is 0 Å². The Morgan fingerprint density at radius 3 is 2.74 bits per heavy atom. The van der Waals surface area contributed by atoms with E-state index in [-0.39, 0.29) is 23.1 Å². The summed E-state index contributed by atoms with van der Waals surface area (Å²) in [6, 6.07) is 16.0. The van der Waals surface area contributed by atoms with E-state index in [4.69, 9.17) is 11.6 Å². The van der Waals surface area contributed by atoms with Crippen molar-refractivity contribution >= 4 is 17.5 Å². The number of nitrogens with zero attached hydrogens (tertiary/aromatic N) is 1. The van der Waals surface area contributed by atoms with Crippen LogP contribution in [0.2, 0.25) is 5.02 Å². The smallest absolute Gasteiger partial charge is 0.224 e. The van der Waals surface area contributed by atoms with Crippen LogP contribution in [-0.4, -0.2) is 35.0 Å². The highest BCUT2D eigenvalue weighted by atomic mass is 35.5. The van der Waals surface area contributed by atoms with Crippen molar-refractivity contribution in [2.24, 2.45) is 0 Å². The van der Waals surface area contributed by atoms with Gasteiger partial charge in [0.1, 0.15) is 5.75 Å². The third kappa shape index (κ3) is 5.98. The molecule has 1 unspecified atom stereocenters. The number of amides is 1. The zero-order chi connectivity index (χ0) is 19.1. The van der Waals surface area contributed by atoms with Gasteiger partial charge in [-0.15, -0.1) is 0 Å². The zero-order valence-electron chi connectivity index (χ0n) is 15.5. The number of phenolic OH excluding ortho intramolecular Hbond substituents is 1. The number of rotatable bonds is 7. The quantitative estimate of drug-likeness (QED) is 0.751. The number of piperidine rings is 1. The Kier molecular flexibility index (Phi) is 7.13. The number of benzene rings is 2. The number of carbonyl (C=O) groups excluding carboxylic acids is 1. The molecule has 0 bridgehead atoms. The number of likely N-dealkylation sites (tertiary alicyclic amines) is 1. The van der Waals surface area contributed by atoms with Gasteiger partial charge in [-0.25, -0.2) is 0 Å². The van der Waals surface area contributed by atoms with Gasteiger partial charge in [-0.1, -0.05) is 54.4 Å². The number of aromatic hydroxyl groups is 1. The topological polar surface area (TPSA) is 52.6 Å². The van der Waals surface area contributed by atoms with Crippen LogP contribution < -0.4 is 5.32 Å². The monoisotopic (exact) mass is 386 g/mol. The Labute approximate surface area is 166 Å². The second kappa shape index (κ2) is 9.77. The first kappa shape index (κ1) is 19.7. The first-order valence-corrected chi connectivity index (χ1v) is 10.0. The summed E-state index contributed by atoms with van der Waals surface area (Å²) in [5.41, 5.74) is 2.15. The largest absolute Gasteiger partial charge is 0.506 e. The fourth-order valence-electron chi connectivity index (χ4n) is 3.70. The highest BCUT2D eigenvalue weighted by Gasteiger charge is 2.22. The summed E-state index contributed by atoms with van der Waals surface area (Å²) in [5, 5.41) is 12.8. The van der Waals surface area contributed by atoms with Gasteiger partial charge in [0.2, 0.25) is 5.91 Å². The van der Waals surface area contributed by atoms with E-state index in [1.165, 1.54) is 30.9 Å². The average molecular weight is 387 g/mol. The van der Waals surface area contributed by atoms with Crippen molar-refractivity contribution in [1.29, 1.82) is 0 Å². The third-order valence-corrected chi connectivity index (χ3v) is 5.46. The summed E-state index contributed by atoms with van der Waals surface area (Å²) in [7, 11) is 0. The van der Waals surface area contributed by atoms with Crippen molar-refractivity contribution < 1.29 is 9.90 Å². The minimum atomic E-state index is -0.0119. The van der Waals surface area contributed by atoms with Gasteiger partial charge in [0.05, 0.1) is 11.4 Å². The van der Waals surface area contributed by atoms with E-state index in [1.54, 1.807) is 12.1 Å². The fourth-order valence-corrected chi connectivity index (χ4v) is 3.90. The first-order chi connectivity index (χ1) is 13.1.